The van der Waals surface area contributed by atoms with Crippen molar-refractivity contribution in [1.29, 1.82) is 0 Å². The second-order valence-corrected chi connectivity index (χ2v) is 6.49. The molecule has 0 aliphatic rings. The molecule has 0 bridgehead atoms. The molecule has 0 radical (unpaired) electrons. The van der Waals surface area contributed by atoms with Gasteiger partial charge in [0.2, 0.25) is 5.91 Å². The van der Waals surface area contributed by atoms with Crippen molar-refractivity contribution in [2.45, 2.75) is 25.3 Å². The fourth-order valence-corrected chi connectivity index (χ4v) is 2.72. The van der Waals surface area contributed by atoms with E-state index in [4.69, 9.17) is 0 Å². The largest absolute Gasteiger partial charge is 0.352 e. The predicted molar refractivity (Wildman–Crippen MR) is 97.4 cm³/mol. The van der Waals surface area contributed by atoms with E-state index in [2.05, 4.69) is 22.5 Å². The highest BCUT2D eigenvalue weighted by Crippen LogP contribution is 2.14. The number of carbonyl (C=O) groups is 2. The molecular weight excluding hydrogens is 322 g/mol. The summed E-state index contributed by atoms with van der Waals surface area (Å²) in [5, 5.41) is 6.54. The molecular formula is C18H21N3O2S. The van der Waals surface area contributed by atoms with E-state index in [1.807, 2.05) is 30.3 Å². The van der Waals surface area contributed by atoms with Crippen LogP contribution in [0.15, 0.2) is 47.6 Å². The fourth-order valence-electron chi connectivity index (χ4n) is 2.13. The number of nitrogens with zero attached hydrogens (tertiary/aromatic N) is 1. The van der Waals surface area contributed by atoms with Crippen LogP contribution in [0.1, 0.15) is 29.8 Å². The van der Waals surface area contributed by atoms with E-state index >= 15 is 0 Å². The molecule has 2 amide bonds. The summed E-state index contributed by atoms with van der Waals surface area (Å²) in [7, 11) is 0. The van der Waals surface area contributed by atoms with Crippen LogP contribution in [0, 0.1) is 0 Å². The van der Waals surface area contributed by atoms with Gasteiger partial charge in [0.1, 0.15) is 0 Å². The Morgan fingerprint density at radius 2 is 1.88 bits per heavy atom. The van der Waals surface area contributed by atoms with Gasteiger partial charge in [0, 0.05) is 25.4 Å². The van der Waals surface area contributed by atoms with Crippen LogP contribution in [0.2, 0.25) is 0 Å². The summed E-state index contributed by atoms with van der Waals surface area (Å²) in [6.45, 7) is 4.09. The zero-order valence-corrected chi connectivity index (χ0v) is 14.7. The molecule has 0 atom stereocenters. The van der Waals surface area contributed by atoms with Crippen molar-refractivity contribution in [1.82, 2.24) is 10.3 Å². The Hall–Kier alpha value is -2.34. The van der Waals surface area contributed by atoms with Crippen molar-refractivity contribution >= 4 is 29.3 Å². The predicted octanol–water partition coefficient (Wildman–Crippen LogP) is 3.12. The van der Waals surface area contributed by atoms with Gasteiger partial charge in [0.05, 0.1) is 10.6 Å². The molecule has 24 heavy (non-hydrogen) atoms. The summed E-state index contributed by atoms with van der Waals surface area (Å²) in [6, 6.07) is 11.2. The quantitative estimate of drug-likeness (QED) is 0.758. The van der Waals surface area contributed by atoms with Crippen LogP contribution in [0.3, 0.4) is 0 Å². The SMILES string of the molecule is CCSc1ccc(C(=O)NCCc2ccc(NC(C)=O)cc2)cn1. The Balaban J connectivity index is 1.80. The zero-order valence-electron chi connectivity index (χ0n) is 13.8. The average molecular weight is 343 g/mol. The van der Waals surface area contributed by atoms with E-state index in [9.17, 15) is 9.59 Å². The number of carbonyl (C=O) groups excluding carboxylic acids is 2. The maximum Gasteiger partial charge on any atom is 0.252 e. The molecule has 1 aromatic carbocycles. The first-order chi connectivity index (χ1) is 11.6. The molecule has 0 saturated heterocycles. The van der Waals surface area contributed by atoms with Crippen molar-refractivity contribution < 1.29 is 9.59 Å². The topological polar surface area (TPSA) is 71.1 Å². The average Bonchev–Trinajstić information content (AvgIpc) is 2.57. The molecule has 126 valence electrons. The van der Waals surface area contributed by atoms with Crippen LogP contribution in [-0.4, -0.2) is 29.1 Å². The van der Waals surface area contributed by atoms with Gasteiger partial charge in [-0.1, -0.05) is 19.1 Å². The first-order valence-electron chi connectivity index (χ1n) is 7.82. The smallest absolute Gasteiger partial charge is 0.252 e. The Labute approximate surface area is 146 Å². The van der Waals surface area contributed by atoms with E-state index in [1.54, 1.807) is 24.0 Å². The molecule has 5 nitrogen and oxygen atoms in total. The maximum absolute atomic E-state index is 12.1. The fraction of sp³-hybridized carbons (Fsp3) is 0.278. The Kier molecular flexibility index (Phi) is 6.81. The van der Waals surface area contributed by atoms with Crippen molar-refractivity contribution in [3.63, 3.8) is 0 Å². The molecule has 0 aliphatic carbocycles. The second-order valence-electron chi connectivity index (χ2n) is 5.20. The molecule has 0 fully saturated rings. The number of aromatic nitrogens is 1. The molecule has 2 rings (SSSR count). The van der Waals surface area contributed by atoms with Crippen LogP contribution in [0.4, 0.5) is 5.69 Å². The summed E-state index contributed by atoms with van der Waals surface area (Å²) in [5.74, 6) is 0.747. The lowest BCUT2D eigenvalue weighted by Gasteiger charge is -2.07. The highest BCUT2D eigenvalue weighted by Gasteiger charge is 2.06. The van der Waals surface area contributed by atoms with Gasteiger partial charge in [-0.25, -0.2) is 4.98 Å². The molecule has 0 aliphatic heterocycles. The van der Waals surface area contributed by atoms with E-state index in [0.29, 0.717) is 12.1 Å². The van der Waals surface area contributed by atoms with Gasteiger partial charge in [-0.05, 0) is 42.0 Å². The van der Waals surface area contributed by atoms with Crippen molar-refractivity contribution in [2.24, 2.45) is 0 Å². The molecule has 1 heterocycles. The summed E-state index contributed by atoms with van der Waals surface area (Å²) in [4.78, 5) is 27.3. The van der Waals surface area contributed by atoms with Gasteiger partial charge in [-0.15, -0.1) is 11.8 Å². The monoisotopic (exact) mass is 343 g/mol. The summed E-state index contributed by atoms with van der Waals surface area (Å²) in [5.41, 5.74) is 2.43. The highest BCUT2D eigenvalue weighted by molar-refractivity contribution is 7.99. The number of anilines is 1. The van der Waals surface area contributed by atoms with Crippen molar-refractivity contribution in [3.05, 3.63) is 53.7 Å². The van der Waals surface area contributed by atoms with Crippen molar-refractivity contribution in [2.75, 3.05) is 17.6 Å². The number of pyridine rings is 1. The minimum Gasteiger partial charge on any atom is -0.352 e. The number of hydrogen-bond donors (Lipinski definition) is 2. The number of benzene rings is 1. The lowest BCUT2D eigenvalue weighted by molar-refractivity contribution is -0.114. The van der Waals surface area contributed by atoms with E-state index in [-0.39, 0.29) is 11.8 Å². The van der Waals surface area contributed by atoms with Crippen LogP contribution >= 0.6 is 11.8 Å². The number of nitrogens with one attached hydrogen (secondary N) is 2. The van der Waals surface area contributed by atoms with E-state index < -0.39 is 0 Å². The normalized spacial score (nSPS) is 10.2. The Bertz CT molecular complexity index is 684. The molecule has 2 aromatic rings. The van der Waals surface area contributed by atoms with Crippen LogP contribution in [-0.2, 0) is 11.2 Å². The van der Waals surface area contributed by atoms with Gasteiger partial charge in [0.25, 0.3) is 5.91 Å². The summed E-state index contributed by atoms with van der Waals surface area (Å²) >= 11 is 1.65. The molecule has 6 heteroatoms. The first-order valence-corrected chi connectivity index (χ1v) is 8.80. The van der Waals surface area contributed by atoms with Crippen LogP contribution in [0.25, 0.3) is 0 Å². The molecule has 1 aromatic heterocycles. The summed E-state index contributed by atoms with van der Waals surface area (Å²) in [6.07, 6.45) is 2.33. The lowest BCUT2D eigenvalue weighted by atomic mass is 10.1. The highest BCUT2D eigenvalue weighted by atomic mass is 32.2. The first kappa shape index (κ1) is 18.0. The summed E-state index contributed by atoms with van der Waals surface area (Å²) < 4.78 is 0. The molecule has 2 N–H and O–H groups in total. The third-order valence-electron chi connectivity index (χ3n) is 3.26. The Morgan fingerprint density at radius 3 is 2.46 bits per heavy atom. The number of amides is 2. The van der Waals surface area contributed by atoms with Gasteiger partial charge >= 0.3 is 0 Å². The van der Waals surface area contributed by atoms with Gasteiger partial charge in [-0.3, -0.25) is 9.59 Å². The van der Waals surface area contributed by atoms with Crippen LogP contribution < -0.4 is 10.6 Å². The minimum absolute atomic E-state index is 0.0908. The maximum atomic E-state index is 12.1. The van der Waals surface area contributed by atoms with E-state index in [1.165, 1.54) is 6.92 Å². The molecule has 0 spiro atoms. The number of rotatable bonds is 7. The number of hydrogen-bond acceptors (Lipinski definition) is 4. The Morgan fingerprint density at radius 1 is 1.12 bits per heavy atom. The van der Waals surface area contributed by atoms with Crippen molar-refractivity contribution in [3.8, 4) is 0 Å². The lowest BCUT2D eigenvalue weighted by Crippen LogP contribution is -2.25. The van der Waals surface area contributed by atoms with Gasteiger partial charge in [0.15, 0.2) is 0 Å². The second kappa shape index (κ2) is 9.08. The molecule has 0 saturated carbocycles. The zero-order chi connectivity index (χ0) is 17.4. The third kappa shape index (κ3) is 5.70. The van der Waals surface area contributed by atoms with Gasteiger partial charge in [-0.2, -0.15) is 0 Å². The minimum atomic E-state index is -0.120. The molecule has 0 unspecified atom stereocenters. The number of thioether (sulfide) groups is 1. The van der Waals surface area contributed by atoms with Crippen LogP contribution in [0.5, 0.6) is 0 Å². The van der Waals surface area contributed by atoms with Gasteiger partial charge < -0.3 is 10.6 Å². The third-order valence-corrected chi connectivity index (χ3v) is 4.09. The van der Waals surface area contributed by atoms with E-state index in [0.717, 1.165) is 28.5 Å². The standard InChI is InChI=1S/C18H21N3O2S/c1-3-24-17-9-6-15(12-20-17)18(23)19-11-10-14-4-7-16(8-5-14)21-13(2)22/h4-9,12H,3,10-11H2,1-2H3,(H,19,23)(H,21,22).